The molecular weight excluding hydrogens is 206 g/mol. The Morgan fingerprint density at radius 2 is 2.27 bits per heavy atom. The second kappa shape index (κ2) is 7.53. The van der Waals surface area contributed by atoms with Gasteiger partial charge in [-0.25, -0.2) is 0 Å². The first-order valence-electron chi connectivity index (χ1n) is 6.19. The summed E-state index contributed by atoms with van der Waals surface area (Å²) in [5, 5.41) is 3.56. The van der Waals surface area contributed by atoms with Crippen molar-refractivity contribution in [3.63, 3.8) is 0 Å². The van der Waals surface area contributed by atoms with Crippen molar-refractivity contribution in [2.24, 2.45) is 5.41 Å². The molecule has 0 amide bonds. The third-order valence-electron chi connectivity index (χ3n) is 3.09. The van der Waals surface area contributed by atoms with Gasteiger partial charge in [0.1, 0.15) is 0 Å². The lowest BCUT2D eigenvalue weighted by Crippen LogP contribution is -2.35. The van der Waals surface area contributed by atoms with Crippen molar-refractivity contribution in [2.75, 3.05) is 37.8 Å². The summed E-state index contributed by atoms with van der Waals surface area (Å²) >= 11 is 2.05. The third-order valence-corrected chi connectivity index (χ3v) is 3.99. The van der Waals surface area contributed by atoms with Crippen LogP contribution in [0.2, 0.25) is 0 Å². The topological polar surface area (TPSA) is 21.3 Å². The first kappa shape index (κ1) is 13.3. The fraction of sp³-hybridized carbons (Fsp3) is 1.00. The summed E-state index contributed by atoms with van der Waals surface area (Å²) in [6.45, 7) is 8.67. The van der Waals surface area contributed by atoms with Crippen LogP contribution in [-0.2, 0) is 4.74 Å². The van der Waals surface area contributed by atoms with Crippen molar-refractivity contribution in [1.82, 2.24) is 5.32 Å². The van der Waals surface area contributed by atoms with Gasteiger partial charge in [0.25, 0.3) is 0 Å². The molecule has 1 heterocycles. The minimum Gasteiger partial charge on any atom is -0.381 e. The minimum absolute atomic E-state index is 0.442. The SMILES string of the molecule is CCCNCC1(CCSCC)CCOC1. The molecule has 0 aromatic rings. The lowest BCUT2D eigenvalue weighted by molar-refractivity contribution is 0.148. The zero-order chi connectivity index (χ0) is 11.0. The minimum atomic E-state index is 0.442. The largest absolute Gasteiger partial charge is 0.381 e. The van der Waals surface area contributed by atoms with Gasteiger partial charge in [-0.3, -0.25) is 0 Å². The summed E-state index contributed by atoms with van der Waals surface area (Å²) in [5.74, 6) is 2.52. The van der Waals surface area contributed by atoms with E-state index in [1.54, 1.807) is 0 Å². The van der Waals surface area contributed by atoms with Crippen molar-refractivity contribution >= 4 is 11.8 Å². The lowest BCUT2D eigenvalue weighted by Gasteiger charge is -2.27. The van der Waals surface area contributed by atoms with E-state index in [4.69, 9.17) is 4.74 Å². The summed E-state index contributed by atoms with van der Waals surface area (Å²) in [4.78, 5) is 0. The highest BCUT2D eigenvalue weighted by atomic mass is 32.2. The second-order valence-electron chi connectivity index (χ2n) is 4.43. The molecule has 1 aliphatic rings. The van der Waals surface area contributed by atoms with Crippen LogP contribution in [0.5, 0.6) is 0 Å². The number of hydrogen-bond donors (Lipinski definition) is 1. The number of nitrogens with one attached hydrogen (secondary N) is 1. The Morgan fingerprint density at radius 1 is 1.40 bits per heavy atom. The van der Waals surface area contributed by atoms with Gasteiger partial charge >= 0.3 is 0 Å². The van der Waals surface area contributed by atoms with E-state index in [2.05, 4.69) is 19.2 Å². The van der Waals surface area contributed by atoms with Gasteiger partial charge in [0.2, 0.25) is 0 Å². The van der Waals surface area contributed by atoms with Crippen LogP contribution in [0, 0.1) is 5.41 Å². The van der Waals surface area contributed by atoms with Gasteiger partial charge in [0.15, 0.2) is 0 Å². The predicted molar refractivity (Wildman–Crippen MR) is 68.6 cm³/mol. The Kier molecular flexibility index (Phi) is 6.69. The molecule has 1 aliphatic heterocycles. The maximum atomic E-state index is 5.57. The van der Waals surface area contributed by atoms with Crippen molar-refractivity contribution in [2.45, 2.75) is 33.1 Å². The molecule has 15 heavy (non-hydrogen) atoms. The standard InChI is InChI=1S/C12H25NOS/c1-3-7-13-10-12(5-8-14-11-12)6-9-15-4-2/h13H,3-11H2,1-2H3. The highest BCUT2D eigenvalue weighted by Crippen LogP contribution is 2.32. The number of hydrogen-bond acceptors (Lipinski definition) is 3. The third kappa shape index (κ3) is 4.75. The number of rotatable bonds is 8. The van der Waals surface area contributed by atoms with Gasteiger partial charge < -0.3 is 10.1 Å². The Labute approximate surface area is 98.5 Å². The van der Waals surface area contributed by atoms with E-state index < -0.39 is 0 Å². The zero-order valence-corrected chi connectivity index (χ0v) is 11.0. The summed E-state index contributed by atoms with van der Waals surface area (Å²) in [5.41, 5.74) is 0.442. The van der Waals surface area contributed by atoms with Crippen LogP contribution in [0.1, 0.15) is 33.1 Å². The monoisotopic (exact) mass is 231 g/mol. The van der Waals surface area contributed by atoms with Crippen LogP contribution >= 0.6 is 11.8 Å². The molecule has 0 spiro atoms. The van der Waals surface area contributed by atoms with Gasteiger partial charge in [0.05, 0.1) is 6.61 Å². The molecule has 0 aromatic heterocycles. The van der Waals surface area contributed by atoms with Crippen LogP contribution in [-0.4, -0.2) is 37.8 Å². The first-order valence-corrected chi connectivity index (χ1v) is 7.34. The summed E-state index contributed by atoms with van der Waals surface area (Å²) in [6.07, 6.45) is 3.77. The van der Waals surface area contributed by atoms with Crippen molar-refractivity contribution in [1.29, 1.82) is 0 Å². The van der Waals surface area contributed by atoms with Crippen molar-refractivity contribution in [3.05, 3.63) is 0 Å². The van der Waals surface area contributed by atoms with Crippen molar-refractivity contribution < 1.29 is 4.74 Å². The molecule has 0 saturated carbocycles. The Bertz CT molecular complexity index is 146. The van der Waals surface area contributed by atoms with Gasteiger partial charge in [-0.15, -0.1) is 0 Å². The van der Waals surface area contributed by atoms with E-state index in [0.717, 1.165) is 26.3 Å². The Balaban J connectivity index is 2.26. The molecular formula is C12H25NOS. The summed E-state index contributed by atoms with van der Waals surface area (Å²) in [6, 6.07) is 0. The molecule has 0 aliphatic carbocycles. The van der Waals surface area contributed by atoms with Gasteiger partial charge in [-0.2, -0.15) is 11.8 Å². The second-order valence-corrected chi connectivity index (χ2v) is 5.82. The molecule has 1 fully saturated rings. The van der Waals surface area contributed by atoms with Crippen LogP contribution in [0.3, 0.4) is 0 Å². The average Bonchev–Trinajstić information content (AvgIpc) is 2.68. The Morgan fingerprint density at radius 3 is 2.87 bits per heavy atom. The van der Waals surface area contributed by atoms with Gasteiger partial charge in [-0.1, -0.05) is 13.8 Å². The predicted octanol–water partition coefficient (Wildman–Crippen LogP) is 2.54. The molecule has 90 valence electrons. The van der Waals surface area contributed by atoms with E-state index in [-0.39, 0.29) is 0 Å². The maximum absolute atomic E-state index is 5.57. The molecule has 1 unspecified atom stereocenters. The van der Waals surface area contributed by atoms with E-state index >= 15 is 0 Å². The molecule has 1 rings (SSSR count). The van der Waals surface area contributed by atoms with E-state index in [0.29, 0.717) is 5.41 Å². The fourth-order valence-electron chi connectivity index (χ4n) is 2.04. The fourth-order valence-corrected chi connectivity index (χ4v) is 2.90. The van der Waals surface area contributed by atoms with Gasteiger partial charge in [0, 0.05) is 18.6 Å². The molecule has 0 bridgehead atoms. The average molecular weight is 231 g/mol. The highest BCUT2D eigenvalue weighted by molar-refractivity contribution is 7.99. The van der Waals surface area contributed by atoms with E-state index in [1.807, 2.05) is 11.8 Å². The van der Waals surface area contributed by atoms with Crippen LogP contribution in [0.15, 0.2) is 0 Å². The zero-order valence-electron chi connectivity index (χ0n) is 10.2. The van der Waals surface area contributed by atoms with Crippen LogP contribution in [0.4, 0.5) is 0 Å². The molecule has 0 aromatic carbocycles. The van der Waals surface area contributed by atoms with Crippen molar-refractivity contribution in [3.8, 4) is 0 Å². The lowest BCUT2D eigenvalue weighted by atomic mass is 9.84. The number of ether oxygens (including phenoxy) is 1. The summed E-state index contributed by atoms with van der Waals surface area (Å²) < 4.78 is 5.57. The normalized spacial score (nSPS) is 26.0. The molecule has 1 saturated heterocycles. The number of thioether (sulfide) groups is 1. The molecule has 3 heteroatoms. The molecule has 0 radical (unpaired) electrons. The quantitative estimate of drug-likeness (QED) is 0.649. The molecule has 1 N–H and O–H groups in total. The Hall–Kier alpha value is 0.270. The maximum Gasteiger partial charge on any atom is 0.0535 e. The molecule has 1 atom stereocenters. The molecule has 2 nitrogen and oxygen atoms in total. The van der Waals surface area contributed by atoms with E-state index in [1.165, 1.54) is 30.8 Å². The summed E-state index contributed by atoms with van der Waals surface area (Å²) in [7, 11) is 0. The highest BCUT2D eigenvalue weighted by Gasteiger charge is 2.33. The smallest absolute Gasteiger partial charge is 0.0535 e. The van der Waals surface area contributed by atoms with E-state index in [9.17, 15) is 0 Å². The first-order chi connectivity index (χ1) is 7.33. The van der Waals surface area contributed by atoms with Gasteiger partial charge in [-0.05, 0) is 37.3 Å². The van der Waals surface area contributed by atoms with Crippen LogP contribution < -0.4 is 5.32 Å². The van der Waals surface area contributed by atoms with Crippen LogP contribution in [0.25, 0.3) is 0 Å².